The first kappa shape index (κ1) is 10.5. The Morgan fingerprint density at radius 1 is 1.30 bits per heavy atom. The van der Waals surface area contributed by atoms with Gasteiger partial charge in [-0.15, -0.1) is 0 Å². The van der Waals surface area contributed by atoms with E-state index in [9.17, 15) is 0 Å². The van der Waals surface area contributed by atoms with E-state index in [-0.39, 0.29) is 0 Å². The zero-order valence-electron chi connectivity index (χ0n) is 7.58. The number of halogens is 1. The van der Waals surface area contributed by atoms with E-state index in [0.29, 0.717) is 5.41 Å². The molecule has 0 aliphatic carbocycles. The molecule has 0 nitrogen and oxygen atoms in total. The lowest BCUT2D eigenvalue weighted by Crippen LogP contribution is -2.12. The normalized spacial score (nSPS) is 15.3. The second-order valence-electron chi connectivity index (χ2n) is 4.15. The molecular formula is C9H19Br. The van der Waals surface area contributed by atoms with Crippen molar-refractivity contribution in [1.29, 1.82) is 0 Å². The maximum atomic E-state index is 3.67. The highest BCUT2D eigenvalue weighted by Crippen LogP contribution is 2.26. The zero-order valence-corrected chi connectivity index (χ0v) is 9.16. The predicted molar refractivity (Wildman–Crippen MR) is 51.7 cm³/mol. The molecule has 0 amide bonds. The van der Waals surface area contributed by atoms with Crippen LogP contribution in [0.3, 0.4) is 0 Å². The van der Waals surface area contributed by atoms with Gasteiger partial charge in [0.2, 0.25) is 0 Å². The number of hydrogen-bond acceptors (Lipinski definition) is 0. The summed E-state index contributed by atoms with van der Waals surface area (Å²) < 4.78 is 0. The van der Waals surface area contributed by atoms with Crippen LogP contribution in [-0.2, 0) is 0 Å². The number of alkyl halides is 1. The van der Waals surface area contributed by atoms with E-state index in [4.69, 9.17) is 0 Å². The van der Waals surface area contributed by atoms with Crippen molar-refractivity contribution in [3.63, 3.8) is 0 Å². The van der Waals surface area contributed by atoms with Gasteiger partial charge in [0.15, 0.2) is 0 Å². The van der Waals surface area contributed by atoms with E-state index in [0.717, 1.165) is 4.83 Å². The van der Waals surface area contributed by atoms with Gasteiger partial charge in [0.25, 0.3) is 0 Å². The summed E-state index contributed by atoms with van der Waals surface area (Å²) in [5.74, 6) is 0. The van der Waals surface area contributed by atoms with Gasteiger partial charge in [-0.2, -0.15) is 0 Å². The molecule has 0 radical (unpaired) electrons. The quantitative estimate of drug-likeness (QED) is 0.614. The number of rotatable bonds is 3. The van der Waals surface area contributed by atoms with Gasteiger partial charge in [-0.25, -0.2) is 0 Å². The first-order chi connectivity index (χ1) is 4.45. The summed E-state index contributed by atoms with van der Waals surface area (Å²) in [6.07, 6.45) is 3.87. The fraction of sp³-hybridized carbons (Fsp3) is 1.00. The van der Waals surface area contributed by atoms with Crippen molar-refractivity contribution in [2.75, 3.05) is 0 Å². The third-order valence-corrected chi connectivity index (χ3v) is 2.22. The lowest BCUT2D eigenvalue weighted by Gasteiger charge is -2.21. The zero-order chi connectivity index (χ0) is 8.20. The van der Waals surface area contributed by atoms with Gasteiger partial charge < -0.3 is 0 Å². The minimum atomic E-state index is 0.476. The Labute approximate surface area is 73.5 Å². The van der Waals surface area contributed by atoms with Crippen LogP contribution in [-0.4, -0.2) is 4.83 Å². The van der Waals surface area contributed by atoms with Crippen LogP contribution in [0.1, 0.15) is 47.0 Å². The molecule has 1 atom stereocenters. The van der Waals surface area contributed by atoms with Crippen molar-refractivity contribution in [2.45, 2.75) is 51.8 Å². The molecule has 0 spiro atoms. The molecule has 0 aliphatic heterocycles. The lowest BCUT2D eigenvalue weighted by molar-refractivity contribution is 0.368. The van der Waals surface area contributed by atoms with Gasteiger partial charge >= 0.3 is 0 Å². The first-order valence-electron chi connectivity index (χ1n) is 4.10. The summed E-state index contributed by atoms with van der Waals surface area (Å²) in [4.78, 5) is 0.720. The molecule has 0 N–H and O–H groups in total. The molecule has 0 bridgehead atoms. The SMILES string of the molecule is CCCC(Br)CC(C)(C)C. The van der Waals surface area contributed by atoms with E-state index in [2.05, 4.69) is 43.6 Å². The molecule has 0 aliphatic rings. The third-order valence-electron chi connectivity index (χ3n) is 1.44. The summed E-state index contributed by atoms with van der Waals surface area (Å²) in [5, 5.41) is 0. The van der Waals surface area contributed by atoms with Crippen LogP contribution in [0.5, 0.6) is 0 Å². The van der Waals surface area contributed by atoms with Gasteiger partial charge in [-0.05, 0) is 18.3 Å². The molecule has 0 rings (SSSR count). The van der Waals surface area contributed by atoms with Crippen LogP contribution in [0.25, 0.3) is 0 Å². The van der Waals surface area contributed by atoms with E-state index < -0.39 is 0 Å². The van der Waals surface area contributed by atoms with Crippen LogP contribution in [0, 0.1) is 5.41 Å². The summed E-state index contributed by atoms with van der Waals surface area (Å²) in [5.41, 5.74) is 0.476. The Bertz CT molecular complexity index is 81.2. The first-order valence-corrected chi connectivity index (χ1v) is 5.01. The van der Waals surface area contributed by atoms with Crippen molar-refractivity contribution in [2.24, 2.45) is 5.41 Å². The van der Waals surface area contributed by atoms with Crippen molar-refractivity contribution in [1.82, 2.24) is 0 Å². The monoisotopic (exact) mass is 206 g/mol. The standard InChI is InChI=1S/C9H19Br/c1-5-6-8(10)7-9(2,3)4/h8H,5-7H2,1-4H3. The van der Waals surface area contributed by atoms with E-state index in [1.54, 1.807) is 0 Å². The van der Waals surface area contributed by atoms with E-state index in [1.165, 1.54) is 19.3 Å². The summed E-state index contributed by atoms with van der Waals surface area (Å²) in [6, 6.07) is 0. The van der Waals surface area contributed by atoms with E-state index >= 15 is 0 Å². The van der Waals surface area contributed by atoms with Crippen molar-refractivity contribution < 1.29 is 0 Å². The summed E-state index contributed by atoms with van der Waals surface area (Å²) in [6.45, 7) is 9.10. The molecule has 62 valence electrons. The average Bonchev–Trinajstić information content (AvgIpc) is 1.59. The molecule has 0 fully saturated rings. The van der Waals surface area contributed by atoms with Crippen LogP contribution in [0.15, 0.2) is 0 Å². The maximum Gasteiger partial charge on any atom is 0.0150 e. The Morgan fingerprint density at radius 2 is 1.80 bits per heavy atom. The maximum absolute atomic E-state index is 3.67. The Morgan fingerprint density at radius 3 is 2.10 bits per heavy atom. The second-order valence-corrected chi connectivity index (χ2v) is 5.45. The van der Waals surface area contributed by atoms with Gasteiger partial charge in [0.1, 0.15) is 0 Å². The lowest BCUT2D eigenvalue weighted by atomic mass is 9.89. The average molecular weight is 207 g/mol. The molecule has 1 unspecified atom stereocenters. The summed E-state index contributed by atoms with van der Waals surface area (Å²) in [7, 11) is 0. The van der Waals surface area contributed by atoms with Crippen molar-refractivity contribution in [3.8, 4) is 0 Å². The van der Waals surface area contributed by atoms with Crippen LogP contribution in [0.4, 0.5) is 0 Å². The summed E-state index contributed by atoms with van der Waals surface area (Å²) >= 11 is 3.67. The molecule has 0 heterocycles. The molecular weight excluding hydrogens is 188 g/mol. The van der Waals surface area contributed by atoms with Crippen LogP contribution >= 0.6 is 15.9 Å². The van der Waals surface area contributed by atoms with Crippen molar-refractivity contribution >= 4 is 15.9 Å². The minimum absolute atomic E-state index is 0.476. The Hall–Kier alpha value is 0.480. The van der Waals surface area contributed by atoms with Gasteiger partial charge in [0.05, 0.1) is 0 Å². The third kappa shape index (κ3) is 6.60. The minimum Gasteiger partial charge on any atom is -0.0890 e. The Kier molecular flexibility index (Phi) is 4.59. The van der Waals surface area contributed by atoms with Crippen molar-refractivity contribution in [3.05, 3.63) is 0 Å². The molecule has 10 heavy (non-hydrogen) atoms. The second kappa shape index (κ2) is 4.38. The molecule has 0 saturated heterocycles. The molecule has 0 aromatic heterocycles. The highest BCUT2D eigenvalue weighted by atomic mass is 79.9. The van der Waals surface area contributed by atoms with Gasteiger partial charge in [-0.1, -0.05) is 50.0 Å². The fourth-order valence-electron chi connectivity index (χ4n) is 1.08. The predicted octanol–water partition coefficient (Wildman–Crippen LogP) is 3.99. The molecule has 0 aromatic rings. The van der Waals surface area contributed by atoms with Gasteiger partial charge in [-0.3, -0.25) is 0 Å². The highest BCUT2D eigenvalue weighted by molar-refractivity contribution is 9.09. The van der Waals surface area contributed by atoms with Gasteiger partial charge in [0, 0.05) is 4.83 Å². The number of hydrogen-bond donors (Lipinski definition) is 0. The highest BCUT2D eigenvalue weighted by Gasteiger charge is 2.15. The molecule has 1 heteroatoms. The Balaban J connectivity index is 3.47. The smallest absolute Gasteiger partial charge is 0.0150 e. The molecule has 0 aromatic carbocycles. The van der Waals surface area contributed by atoms with Crippen LogP contribution < -0.4 is 0 Å². The topological polar surface area (TPSA) is 0 Å². The molecule has 0 saturated carbocycles. The van der Waals surface area contributed by atoms with E-state index in [1.807, 2.05) is 0 Å². The largest absolute Gasteiger partial charge is 0.0890 e. The fourth-order valence-corrected chi connectivity index (χ4v) is 2.51. The van der Waals surface area contributed by atoms with Crippen LogP contribution in [0.2, 0.25) is 0 Å².